The van der Waals surface area contributed by atoms with Crippen LogP contribution < -0.4 is 79.7 Å². The van der Waals surface area contributed by atoms with Gasteiger partial charge in [-0.25, -0.2) is 86.3 Å². The number of aliphatic hydroxyl groups is 1. The van der Waals surface area contributed by atoms with Gasteiger partial charge in [-0.15, -0.1) is 20.5 Å². The molecule has 0 aromatic carbocycles. The number of hydrazine groups is 5. The summed E-state index contributed by atoms with van der Waals surface area (Å²) in [5, 5.41) is 69.9. The maximum atomic E-state index is 12.0. The fraction of sp³-hybridized carbons (Fsp3) is 0.288. The van der Waals surface area contributed by atoms with E-state index in [0.29, 0.717) is 68.0 Å². The van der Waals surface area contributed by atoms with Gasteiger partial charge in [0.05, 0.1) is 87.4 Å². The van der Waals surface area contributed by atoms with Crippen molar-refractivity contribution in [3.63, 3.8) is 0 Å². The fourth-order valence-electron chi connectivity index (χ4n) is 8.47. The van der Waals surface area contributed by atoms with Crippen LogP contribution in [0, 0.1) is 38.5 Å². The lowest BCUT2D eigenvalue weighted by Gasteiger charge is -2.09. The summed E-state index contributed by atoms with van der Waals surface area (Å²) in [6.45, 7) is 9.55. The van der Waals surface area contributed by atoms with Gasteiger partial charge in [0.25, 0.3) is 6.48 Å². The molecular formula is C66H98Cl2N42O14. The summed E-state index contributed by atoms with van der Waals surface area (Å²) in [6, 6.07) is 9.81. The number of Topliss-reactive ketones (excluding diaryl/α,β-unsaturated/α-hetero) is 1. The predicted octanol–water partition coefficient (Wildman–Crippen LogP) is 1.28. The van der Waals surface area contributed by atoms with E-state index in [-0.39, 0.29) is 75.4 Å². The first kappa shape index (κ1) is 107. The first-order chi connectivity index (χ1) is 59.1. The van der Waals surface area contributed by atoms with Gasteiger partial charge in [-0.2, -0.15) is 54.4 Å². The number of ketones is 1. The number of rotatable bonds is 21. The van der Waals surface area contributed by atoms with Crippen LogP contribution in [0.4, 0.5) is 63.7 Å². The van der Waals surface area contributed by atoms with Crippen molar-refractivity contribution in [1.29, 1.82) is 10.8 Å². The maximum Gasteiger partial charge on any atom is 0.343 e. The third-order valence-electron chi connectivity index (χ3n) is 14.2. The number of hydrogen-bond donors (Lipinski definition) is 16. The highest BCUT2D eigenvalue weighted by Crippen LogP contribution is 2.34. The van der Waals surface area contributed by atoms with Gasteiger partial charge in [-0.3, -0.25) is 37.2 Å². The first-order valence-electron chi connectivity index (χ1n) is 34.2. The summed E-state index contributed by atoms with van der Waals surface area (Å²) in [5.41, 5.74) is 38.4. The van der Waals surface area contributed by atoms with Crippen molar-refractivity contribution in [2.45, 2.75) is 47.5 Å². The van der Waals surface area contributed by atoms with Crippen LogP contribution in [0.1, 0.15) is 67.2 Å². The molecule has 0 spiro atoms. The first-order valence-corrected chi connectivity index (χ1v) is 34.9. The maximum absolute atomic E-state index is 12.0. The highest BCUT2D eigenvalue weighted by Gasteiger charge is 2.23. The summed E-state index contributed by atoms with van der Waals surface area (Å²) in [5.74, 6) is 30.0. The molecule has 0 atom stereocenters. The fourth-order valence-corrected chi connectivity index (χ4v) is 8.82. The normalized spacial score (nSPS) is 10.2. The van der Waals surface area contributed by atoms with Crippen LogP contribution in [-0.4, -0.2) is 232 Å². The second-order valence-electron chi connectivity index (χ2n) is 22.3. The molecule has 0 unspecified atom stereocenters. The number of carbonyl (C=O) groups excluding carboxylic acids is 6. The molecule has 11 heterocycles. The van der Waals surface area contributed by atoms with Crippen LogP contribution >= 0.6 is 23.2 Å². The van der Waals surface area contributed by atoms with Crippen molar-refractivity contribution >= 4 is 136 Å². The van der Waals surface area contributed by atoms with Gasteiger partial charge in [0.2, 0.25) is 0 Å². The molecule has 124 heavy (non-hydrogen) atoms. The van der Waals surface area contributed by atoms with Crippen molar-refractivity contribution in [2.24, 2.45) is 76.7 Å². The van der Waals surface area contributed by atoms with Crippen LogP contribution in [-0.2, 0) is 68.7 Å². The standard InChI is InChI=1S/C24H26N16O4.C12H14N8.C6H9N3O2.C6H9NO2.C4H2Cl2N2.C4H9N7.C4H7NO2.C4H10O3.CH6N2.CH2O.H4N2/c1-11-18(31-33-22-13(15(42)9-41)7-29-37(22)3)20(25)39(35-11)16-6-17(28-10-27-16)40-21(26)19(12(2)36-40)32-34-23-14(24(43)44-5)8-30-38(23)4;1-7-3-9(13)19(17-7)11-5-12(16-6-15-11)20-10(14)4-8(2)18-20;1-9-5(7)4(3-8-9)6(10)11-2;1-3-5(4-7)6(8)9-2;5-3-1-4(6)8-2-7-3;5-10-3-1-4(11(6)7)9-2-8-3;1-7-4(6)2-3-5;1-5-4(6-2)7-3;1-3-2;2*1-2/h6-8,10,41H,9,25-26H2,1-5H3;3-6H,13-14H2,1-2H3;3H,7H2,1-2H3;3-4,7H,1-2H3;1-2H;1-2H,5-7H2,(H,8,9,10);3,5H,2H2,1H3;4H,1-3H3;3H,2H2,1H3;1H2;1-2H2/b;;;5-3+,7-4?;;;;;;;. The van der Waals surface area contributed by atoms with Gasteiger partial charge in [0, 0.05) is 91.3 Å². The molecule has 0 saturated heterocycles. The number of nitrogen functional groups attached to an aromatic ring is 6. The molecule has 11 aromatic rings. The smallest absolute Gasteiger partial charge is 0.343 e. The molecule has 0 bridgehead atoms. The number of esters is 4. The van der Waals surface area contributed by atoms with E-state index in [2.05, 4.69) is 153 Å². The van der Waals surface area contributed by atoms with Gasteiger partial charge in [-0.05, 0) is 41.7 Å². The highest BCUT2D eigenvalue weighted by atomic mass is 35.5. The molecule has 0 radical (unpaired) electrons. The second-order valence-corrected chi connectivity index (χ2v) is 23.1. The number of halogens is 2. The second kappa shape index (κ2) is 56.5. The lowest BCUT2D eigenvalue weighted by molar-refractivity contribution is -0.252. The summed E-state index contributed by atoms with van der Waals surface area (Å²) in [7, 11) is 16.2. The molecule has 0 aliphatic heterocycles. The lowest BCUT2D eigenvalue weighted by atomic mass is 10.2. The van der Waals surface area contributed by atoms with Crippen molar-refractivity contribution in [2.75, 3.05) is 103 Å². The number of allylic oxidation sites excluding steroid dienone is 1. The van der Waals surface area contributed by atoms with E-state index in [0.717, 1.165) is 28.9 Å². The largest absolute Gasteiger partial charge is 0.469 e. The zero-order valence-electron chi connectivity index (χ0n) is 69.9. The Kier molecular flexibility index (Phi) is 48.8. The minimum atomic E-state index is -0.700. The van der Waals surface area contributed by atoms with Gasteiger partial charge in [0.1, 0.15) is 83.4 Å². The van der Waals surface area contributed by atoms with E-state index >= 15 is 0 Å². The molecule has 11 aromatic heterocycles. The van der Waals surface area contributed by atoms with Gasteiger partial charge >= 0.3 is 23.9 Å². The molecule has 0 aliphatic carbocycles. The third-order valence-corrected chi connectivity index (χ3v) is 14.6. The molecule has 56 nitrogen and oxygen atoms in total. The Morgan fingerprint density at radius 2 is 0.960 bits per heavy atom. The Labute approximate surface area is 716 Å². The molecule has 58 heteroatoms. The summed E-state index contributed by atoms with van der Waals surface area (Å²) in [4.78, 5) is 95.2. The minimum Gasteiger partial charge on any atom is -0.469 e. The molecule has 0 aliphatic rings. The number of aryl methyl sites for hydroxylation is 7. The van der Waals surface area contributed by atoms with E-state index in [1.54, 1.807) is 82.6 Å². The summed E-state index contributed by atoms with van der Waals surface area (Å²) < 4.78 is 41.5. The summed E-state index contributed by atoms with van der Waals surface area (Å²) in [6.07, 6.45) is 12.9. The number of carbonyl (C=O) groups is 6. The number of aromatic nitrogens is 22. The van der Waals surface area contributed by atoms with Crippen LogP contribution in [0.5, 0.6) is 0 Å². The van der Waals surface area contributed by atoms with Crippen LogP contribution in [0.3, 0.4) is 0 Å². The molecule has 11 rings (SSSR count). The molecule has 27 N–H and O–H groups in total. The van der Waals surface area contributed by atoms with Crippen molar-refractivity contribution in [1.82, 2.24) is 114 Å². The van der Waals surface area contributed by atoms with Crippen molar-refractivity contribution < 1.29 is 67.0 Å². The third kappa shape index (κ3) is 33.0. The average Bonchev–Trinajstić information content (AvgIpc) is 1.64. The Hall–Kier alpha value is -15.0. The van der Waals surface area contributed by atoms with Crippen LogP contribution in [0.25, 0.3) is 23.3 Å². The Morgan fingerprint density at radius 1 is 0.556 bits per heavy atom. The zero-order chi connectivity index (χ0) is 94.0. The van der Waals surface area contributed by atoms with Gasteiger partial charge in [-0.1, -0.05) is 29.3 Å². The zero-order valence-corrected chi connectivity index (χ0v) is 71.4. The van der Waals surface area contributed by atoms with Gasteiger partial charge in [0.15, 0.2) is 69.5 Å². The number of methoxy groups -OCH3 is 7. The number of nitrogens with one attached hydrogen (secondary N) is 4. The topological polar surface area (TPSA) is 826 Å². The summed E-state index contributed by atoms with van der Waals surface area (Å²) >= 11 is 10.8. The number of anilines is 7. The number of nitrogens with zero attached hydrogens (tertiary/aromatic N) is 27. The molecule has 0 saturated carbocycles. The molecule has 670 valence electrons. The molecular weight excluding hydrogens is 1680 g/mol. The van der Waals surface area contributed by atoms with E-state index < -0.39 is 36.8 Å². The monoisotopic (exact) mass is 1770 g/mol. The van der Waals surface area contributed by atoms with Gasteiger partial charge < -0.3 is 88.0 Å². The van der Waals surface area contributed by atoms with E-state index in [4.69, 9.17) is 89.7 Å². The lowest BCUT2D eigenvalue weighted by Crippen LogP contribution is -2.38. The Balaban J connectivity index is 0.000000794. The average molecular weight is 1770 g/mol. The van der Waals surface area contributed by atoms with E-state index in [1.807, 2.05) is 20.6 Å². The predicted molar refractivity (Wildman–Crippen MR) is 452 cm³/mol. The quantitative estimate of drug-likeness (QED) is 0.00460. The molecule has 0 amide bonds. The van der Waals surface area contributed by atoms with Crippen LogP contribution in [0.15, 0.2) is 112 Å². The number of aliphatic hydroxyl groups excluding tert-OH is 1. The molecule has 0 fully saturated rings. The highest BCUT2D eigenvalue weighted by molar-refractivity contribution is 6.33. The number of ether oxygens (including phenoxy) is 7. The number of nitrogens with two attached hydrogens (primary N) is 11. The van der Waals surface area contributed by atoms with E-state index in [9.17, 15) is 29.1 Å². The van der Waals surface area contributed by atoms with Crippen LogP contribution in [0.2, 0.25) is 10.3 Å². The minimum absolute atomic E-state index is 0.0799. The van der Waals surface area contributed by atoms with E-state index in [1.165, 1.54) is 135 Å². The number of azo groups is 2. The van der Waals surface area contributed by atoms with Crippen molar-refractivity contribution in [3.8, 4) is 23.3 Å². The van der Waals surface area contributed by atoms with Crippen molar-refractivity contribution in [3.05, 3.63) is 142 Å². The SMILES string of the molecule is C/C=C(\C=N)C(=O)OC.C=O.CNN.COC(=O)CC=N.COC(=O)c1cnn(C)c1N.COC(=O)c1cnn(C)c1N=Nc1c(C)nn(-c2cc(-n3nc(C)c(N=Nc4c(C(=O)CO)cnn4C)c3N)ncn2)c1N.COC(OC)OC.Cc1cc(N)n(-c2cc(-n3nc(C)cc3N)ncn2)n1.Clc1cc(Cl)ncn1.NN.NNc1cc(N(N)N)ncn1. The Morgan fingerprint density at radius 3 is 1.27 bits per heavy atom. The Bertz CT molecular complexity index is 5060. The number of hydrogen-bond acceptors (Lipinski definition) is 49.